The highest BCUT2D eigenvalue weighted by Crippen LogP contribution is 2.41. The third-order valence-electron chi connectivity index (χ3n) is 6.94. The molecule has 5 rings (SSSR count). The van der Waals surface area contributed by atoms with Gasteiger partial charge < -0.3 is 14.8 Å². The molecule has 3 atom stereocenters. The number of nitrogens with zero attached hydrogens (tertiary/aromatic N) is 1. The van der Waals surface area contributed by atoms with Crippen molar-refractivity contribution in [1.82, 2.24) is 10.2 Å². The van der Waals surface area contributed by atoms with Crippen LogP contribution in [-0.4, -0.2) is 56.2 Å². The quantitative estimate of drug-likeness (QED) is 0.160. The lowest BCUT2D eigenvalue weighted by Crippen LogP contribution is -2.71. The summed E-state index contributed by atoms with van der Waals surface area (Å²) in [6.45, 7) is 1.22. The fourth-order valence-corrected chi connectivity index (χ4v) is 6.50. The normalized spacial score (nSPS) is 20.7. The van der Waals surface area contributed by atoms with Crippen molar-refractivity contribution in [2.75, 3.05) is 12.4 Å². The van der Waals surface area contributed by atoms with Gasteiger partial charge in [0, 0.05) is 5.75 Å². The summed E-state index contributed by atoms with van der Waals surface area (Å²) < 4.78 is 8.96. The summed E-state index contributed by atoms with van der Waals surface area (Å²) in [5, 5.41) is 2.14. The Balaban J connectivity index is 1.31. The maximum Gasteiger partial charge on any atom is 0.355 e. The van der Waals surface area contributed by atoms with Crippen molar-refractivity contribution in [2.24, 2.45) is 0 Å². The number of thioether (sulfide) groups is 1. The lowest BCUT2D eigenvalue weighted by Gasteiger charge is -2.49. The monoisotopic (exact) mass is 622 g/mol. The van der Waals surface area contributed by atoms with E-state index in [0.717, 1.165) is 24.8 Å². The second kappa shape index (κ2) is 11.6. The summed E-state index contributed by atoms with van der Waals surface area (Å²) in [6, 6.07) is 13.1. The number of amides is 2. The van der Waals surface area contributed by atoms with Crippen molar-refractivity contribution < 1.29 is 28.7 Å². The van der Waals surface area contributed by atoms with Crippen LogP contribution in [0.2, 0.25) is 0 Å². The number of β-lactam (4-membered cyclic amide) rings is 1. The number of carbonyl (C=O) groups is 4. The minimum Gasteiger partial charge on any atom is -0.456 e. The largest absolute Gasteiger partial charge is 0.456 e. The highest BCUT2D eigenvalue weighted by Gasteiger charge is 2.54. The zero-order chi connectivity index (χ0) is 28.6. The number of carbonyl (C=O) groups excluding carboxylic acids is 4. The van der Waals surface area contributed by atoms with Crippen molar-refractivity contribution in [3.05, 3.63) is 76.5 Å². The van der Waals surface area contributed by atoms with E-state index < -0.39 is 51.5 Å². The van der Waals surface area contributed by atoms with Gasteiger partial charge >= 0.3 is 11.9 Å². The smallest absolute Gasteiger partial charge is 0.355 e. The molecule has 0 aromatic heterocycles. The Bertz CT molecular complexity index is 1390. The average Bonchev–Trinajstić information content (AvgIpc) is 3.38. The molecule has 0 radical (unpaired) electrons. The van der Waals surface area contributed by atoms with Crippen LogP contribution in [0, 0.1) is 0 Å². The maximum absolute atomic E-state index is 13.5. The van der Waals surface area contributed by atoms with Gasteiger partial charge in [0.2, 0.25) is 9.70 Å². The Morgan fingerprint density at radius 3 is 2.55 bits per heavy atom. The molecule has 8 nitrogen and oxygen atoms in total. The van der Waals surface area contributed by atoms with Gasteiger partial charge in [-0.3, -0.25) is 19.3 Å². The molecule has 2 heterocycles. The number of ether oxygens (including phenoxy) is 2. The molecule has 40 heavy (non-hydrogen) atoms. The number of esters is 2. The van der Waals surface area contributed by atoms with Gasteiger partial charge in [-0.2, -0.15) is 0 Å². The molecule has 2 aromatic carbocycles. The Kier molecular flexibility index (Phi) is 8.38. The van der Waals surface area contributed by atoms with Crippen LogP contribution in [0.4, 0.5) is 0 Å². The molecule has 210 valence electrons. The highest BCUT2D eigenvalue weighted by atomic mass is 35.6. The maximum atomic E-state index is 13.5. The van der Waals surface area contributed by atoms with Gasteiger partial charge in [-0.05, 0) is 60.6 Å². The number of halogens is 3. The SMILES string of the molecule is CC1=C(C(=O)OCC(Cl)(Cl)Cl)N2C(=O)C(NC(=O)C(C(=O)Oc3ccc4c(c3)CCC4)c3ccccc3)[C@H]2SC1. The van der Waals surface area contributed by atoms with E-state index >= 15 is 0 Å². The van der Waals surface area contributed by atoms with Crippen molar-refractivity contribution in [3.63, 3.8) is 0 Å². The van der Waals surface area contributed by atoms with Gasteiger partial charge in [0.05, 0.1) is 0 Å². The van der Waals surface area contributed by atoms with Crippen molar-refractivity contribution in [2.45, 2.75) is 47.3 Å². The summed E-state index contributed by atoms with van der Waals surface area (Å²) in [7, 11) is 0. The minimum atomic E-state index is -1.80. The van der Waals surface area contributed by atoms with Gasteiger partial charge in [-0.1, -0.05) is 71.2 Å². The number of fused-ring (bicyclic) bond motifs is 2. The molecule has 1 aliphatic carbocycles. The standard InChI is InChI=1S/C28H25Cl3N2O6S/c1-15-13-40-25-21(24(35)33(25)22(15)27(37)38-14-28(29,30)31)32-23(34)20(17-6-3-2-4-7-17)26(36)39-19-11-10-16-8-5-9-18(16)12-19/h2-4,6-7,10-12,20-21,25H,5,8-9,13-14H2,1H3,(H,32,34)/t20?,21?,25-/m1/s1. The molecule has 0 saturated carbocycles. The fraction of sp³-hybridized carbons (Fsp3) is 0.357. The van der Waals surface area contributed by atoms with Crippen molar-refractivity contribution in [3.8, 4) is 5.75 Å². The van der Waals surface area contributed by atoms with Crippen LogP contribution in [0.5, 0.6) is 5.75 Å². The Labute approximate surface area is 250 Å². The van der Waals surface area contributed by atoms with E-state index in [4.69, 9.17) is 44.3 Å². The van der Waals surface area contributed by atoms with Crippen LogP contribution in [0.3, 0.4) is 0 Å². The van der Waals surface area contributed by atoms with Crippen LogP contribution in [0.1, 0.15) is 36.0 Å². The number of nitrogens with one attached hydrogen (secondary N) is 1. The average molecular weight is 624 g/mol. The lowest BCUT2D eigenvalue weighted by molar-refractivity contribution is -0.153. The number of alkyl halides is 3. The van der Waals surface area contributed by atoms with E-state index in [0.29, 0.717) is 22.6 Å². The first-order chi connectivity index (χ1) is 19.0. The van der Waals surface area contributed by atoms with Gasteiger partial charge in [0.15, 0.2) is 5.92 Å². The van der Waals surface area contributed by atoms with Crippen molar-refractivity contribution in [1.29, 1.82) is 0 Å². The zero-order valence-corrected chi connectivity index (χ0v) is 24.4. The molecule has 1 fully saturated rings. The predicted octanol–water partition coefficient (Wildman–Crippen LogP) is 4.45. The topological polar surface area (TPSA) is 102 Å². The summed E-state index contributed by atoms with van der Waals surface area (Å²) in [4.78, 5) is 54.1. The van der Waals surface area contributed by atoms with Crippen LogP contribution in [0.15, 0.2) is 59.8 Å². The first kappa shape index (κ1) is 28.8. The first-order valence-electron chi connectivity index (χ1n) is 12.6. The molecule has 0 bridgehead atoms. The molecule has 0 spiro atoms. The molecule has 1 N–H and O–H groups in total. The Morgan fingerprint density at radius 1 is 1.10 bits per heavy atom. The number of rotatable bonds is 7. The molecule has 1 saturated heterocycles. The molecule has 3 aliphatic rings. The summed E-state index contributed by atoms with van der Waals surface area (Å²) >= 11 is 18.4. The minimum absolute atomic E-state index is 0.0594. The molecule has 2 amide bonds. The van der Waals surface area contributed by atoms with Crippen LogP contribution >= 0.6 is 46.6 Å². The molecule has 2 unspecified atom stereocenters. The van der Waals surface area contributed by atoms with E-state index in [9.17, 15) is 19.2 Å². The fourth-order valence-electron chi connectivity index (χ4n) is 5.04. The van der Waals surface area contributed by atoms with E-state index in [2.05, 4.69) is 5.32 Å². The highest BCUT2D eigenvalue weighted by molar-refractivity contribution is 8.00. The summed E-state index contributed by atoms with van der Waals surface area (Å²) in [5.74, 6) is -3.27. The summed E-state index contributed by atoms with van der Waals surface area (Å²) in [6.07, 6.45) is 2.95. The second-order valence-electron chi connectivity index (χ2n) is 9.77. The summed E-state index contributed by atoms with van der Waals surface area (Å²) in [5.41, 5.74) is 3.47. The number of hydrogen-bond acceptors (Lipinski definition) is 7. The number of benzene rings is 2. The lowest BCUT2D eigenvalue weighted by atomic mass is 9.96. The molecular formula is C28H25Cl3N2O6S. The molecule has 2 aromatic rings. The van der Waals surface area contributed by atoms with Crippen molar-refractivity contribution >= 4 is 70.3 Å². The van der Waals surface area contributed by atoms with E-state index in [-0.39, 0.29) is 5.70 Å². The first-order valence-corrected chi connectivity index (χ1v) is 14.8. The van der Waals surface area contributed by atoms with Crippen LogP contribution < -0.4 is 10.1 Å². The predicted molar refractivity (Wildman–Crippen MR) is 152 cm³/mol. The second-order valence-corrected chi connectivity index (χ2v) is 13.4. The van der Waals surface area contributed by atoms with E-state index in [1.807, 2.05) is 12.1 Å². The van der Waals surface area contributed by atoms with Gasteiger partial charge in [0.1, 0.15) is 29.5 Å². The molecular weight excluding hydrogens is 599 g/mol. The van der Waals surface area contributed by atoms with Crippen LogP contribution in [0.25, 0.3) is 0 Å². The Hall–Kier alpha value is -2.72. The van der Waals surface area contributed by atoms with E-state index in [1.165, 1.54) is 22.2 Å². The number of hydrogen-bond donors (Lipinski definition) is 1. The van der Waals surface area contributed by atoms with Gasteiger partial charge in [0.25, 0.3) is 5.91 Å². The molecule has 12 heteroatoms. The van der Waals surface area contributed by atoms with Gasteiger partial charge in [-0.25, -0.2) is 4.79 Å². The third-order valence-corrected chi connectivity index (χ3v) is 8.69. The van der Waals surface area contributed by atoms with Crippen LogP contribution in [-0.2, 0) is 36.8 Å². The third kappa shape index (κ3) is 5.98. The Morgan fingerprint density at radius 2 is 1.82 bits per heavy atom. The van der Waals surface area contributed by atoms with Gasteiger partial charge in [-0.15, -0.1) is 11.8 Å². The van der Waals surface area contributed by atoms with E-state index in [1.54, 1.807) is 43.3 Å². The zero-order valence-electron chi connectivity index (χ0n) is 21.3. The number of aryl methyl sites for hydroxylation is 2. The molecule has 2 aliphatic heterocycles.